The largest absolute Gasteiger partial charge is 0.458 e. The number of benzene rings is 1. The van der Waals surface area contributed by atoms with Crippen LogP contribution in [-0.4, -0.2) is 32.6 Å². The van der Waals surface area contributed by atoms with Crippen LogP contribution in [0.25, 0.3) is 0 Å². The van der Waals surface area contributed by atoms with E-state index in [0.29, 0.717) is 12.1 Å². The standard InChI is InChI=1S/C15H14F3N3O2/c1-10-7-19-21(8-10)9-11-2-4-12(5-3-11)13-6-14(22,23-20-13)15(16,17)18/h2-5,7-8,22H,6,9H2,1H3. The fraction of sp³-hybridized carbons (Fsp3) is 0.333. The molecular formula is C15H14F3N3O2. The van der Waals surface area contributed by atoms with E-state index in [1.807, 2.05) is 13.1 Å². The number of rotatable bonds is 3. The second-order valence-corrected chi connectivity index (χ2v) is 5.50. The number of hydrogen-bond donors (Lipinski definition) is 1. The summed E-state index contributed by atoms with van der Waals surface area (Å²) in [6, 6.07) is 6.85. The molecule has 0 bridgehead atoms. The lowest BCUT2D eigenvalue weighted by molar-refractivity contribution is -0.355. The van der Waals surface area contributed by atoms with Crippen LogP contribution in [-0.2, 0) is 11.4 Å². The van der Waals surface area contributed by atoms with Crippen LogP contribution in [0.1, 0.15) is 23.1 Å². The van der Waals surface area contributed by atoms with Gasteiger partial charge in [0, 0.05) is 6.20 Å². The molecule has 1 aromatic heterocycles. The van der Waals surface area contributed by atoms with Gasteiger partial charge in [-0.3, -0.25) is 4.68 Å². The summed E-state index contributed by atoms with van der Waals surface area (Å²) in [6.45, 7) is 2.50. The Labute approximate surface area is 130 Å². The van der Waals surface area contributed by atoms with E-state index in [1.165, 1.54) is 0 Å². The van der Waals surface area contributed by atoms with Crippen LogP contribution in [0.5, 0.6) is 0 Å². The molecule has 0 spiro atoms. The van der Waals surface area contributed by atoms with Crippen molar-refractivity contribution in [3.8, 4) is 0 Å². The van der Waals surface area contributed by atoms with Crippen LogP contribution in [0.3, 0.4) is 0 Å². The molecular weight excluding hydrogens is 311 g/mol. The van der Waals surface area contributed by atoms with Crippen LogP contribution in [0, 0.1) is 6.92 Å². The van der Waals surface area contributed by atoms with Crippen LogP contribution < -0.4 is 0 Å². The predicted octanol–water partition coefficient (Wildman–Crippen LogP) is 2.62. The number of aliphatic hydroxyl groups is 1. The first-order valence-corrected chi connectivity index (χ1v) is 6.89. The lowest BCUT2D eigenvalue weighted by atomic mass is 10.0. The number of halogens is 3. The molecule has 2 heterocycles. The summed E-state index contributed by atoms with van der Waals surface area (Å²) >= 11 is 0. The van der Waals surface area contributed by atoms with Gasteiger partial charge in [0.1, 0.15) is 0 Å². The molecule has 0 saturated heterocycles. The van der Waals surface area contributed by atoms with Crippen molar-refractivity contribution in [1.29, 1.82) is 0 Å². The van der Waals surface area contributed by atoms with Gasteiger partial charge in [0.25, 0.3) is 0 Å². The first-order valence-electron chi connectivity index (χ1n) is 6.89. The Kier molecular flexibility index (Phi) is 3.63. The normalized spacial score (nSPS) is 21.2. The number of oxime groups is 1. The van der Waals surface area contributed by atoms with E-state index in [4.69, 9.17) is 0 Å². The van der Waals surface area contributed by atoms with E-state index < -0.39 is 18.4 Å². The summed E-state index contributed by atoms with van der Waals surface area (Å²) < 4.78 is 39.8. The summed E-state index contributed by atoms with van der Waals surface area (Å²) in [6.07, 6.45) is -1.98. The van der Waals surface area contributed by atoms with Gasteiger partial charge < -0.3 is 9.94 Å². The first-order chi connectivity index (χ1) is 10.8. The maximum atomic E-state index is 12.7. The summed E-state index contributed by atoms with van der Waals surface area (Å²) in [7, 11) is 0. The third-order valence-electron chi connectivity index (χ3n) is 3.55. The monoisotopic (exact) mass is 325 g/mol. The van der Waals surface area contributed by atoms with Gasteiger partial charge in [0.2, 0.25) is 0 Å². The minimum atomic E-state index is -4.89. The van der Waals surface area contributed by atoms with Gasteiger partial charge in [0.05, 0.1) is 24.9 Å². The Bertz CT molecular complexity index is 737. The molecule has 1 aliphatic rings. The fourth-order valence-corrected chi connectivity index (χ4v) is 2.27. The third kappa shape index (κ3) is 3.07. The van der Waals surface area contributed by atoms with Crippen molar-refractivity contribution < 1.29 is 23.1 Å². The Balaban J connectivity index is 1.71. The molecule has 0 radical (unpaired) electrons. The Hall–Kier alpha value is -2.35. The topological polar surface area (TPSA) is 59.6 Å². The van der Waals surface area contributed by atoms with E-state index in [-0.39, 0.29) is 5.71 Å². The van der Waals surface area contributed by atoms with Gasteiger partial charge in [-0.2, -0.15) is 18.3 Å². The van der Waals surface area contributed by atoms with Gasteiger partial charge in [-0.1, -0.05) is 29.4 Å². The van der Waals surface area contributed by atoms with Gasteiger partial charge in [0.15, 0.2) is 0 Å². The molecule has 0 saturated carbocycles. The Morgan fingerprint density at radius 2 is 2.00 bits per heavy atom. The molecule has 0 amide bonds. The zero-order chi connectivity index (χ0) is 16.7. The van der Waals surface area contributed by atoms with E-state index in [0.717, 1.165) is 11.1 Å². The van der Waals surface area contributed by atoms with Crippen LogP contribution >= 0.6 is 0 Å². The second kappa shape index (κ2) is 5.38. The number of aromatic nitrogens is 2. The zero-order valence-corrected chi connectivity index (χ0v) is 12.2. The van der Waals surface area contributed by atoms with E-state index in [2.05, 4.69) is 15.1 Å². The van der Waals surface area contributed by atoms with E-state index >= 15 is 0 Å². The summed E-state index contributed by atoms with van der Waals surface area (Å²) in [5.74, 6) is -3.24. The Morgan fingerprint density at radius 3 is 2.52 bits per heavy atom. The summed E-state index contributed by atoms with van der Waals surface area (Å²) in [4.78, 5) is 4.20. The summed E-state index contributed by atoms with van der Waals surface area (Å²) in [5, 5.41) is 17.0. The van der Waals surface area contributed by atoms with Gasteiger partial charge in [-0.05, 0) is 23.6 Å². The first kappa shape index (κ1) is 15.5. The third-order valence-corrected chi connectivity index (χ3v) is 3.55. The van der Waals surface area contributed by atoms with Crippen molar-refractivity contribution in [2.75, 3.05) is 0 Å². The number of nitrogens with zero attached hydrogens (tertiary/aromatic N) is 3. The minimum absolute atomic E-state index is 0.0614. The highest BCUT2D eigenvalue weighted by Crippen LogP contribution is 2.38. The van der Waals surface area contributed by atoms with Crippen molar-refractivity contribution in [2.24, 2.45) is 5.16 Å². The molecule has 5 nitrogen and oxygen atoms in total. The average Bonchev–Trinajstić information content (AvgIpc) is 3.06. The average molecular weight is 325 g/mol. The molecule has 1 N–H and O–H groups in total. The Morgan fingerprint density at radius 1 is 1.30 bits per heavy atom. The predicted molar refractivity (Wildman–Crippen MR) is 75.8 cm³/mol. The van der Waals surface area contributed by atoms with E-state index in [9.17, 15) is 18.3 Å². The molecule has 23 heavy (non-hydrogen) atoms. The SMILES string of the molecule is Cc1cnn(Cc2ccc(C3=NOC(O)(C(F)(F)F)C3)cc2)c1. The van der Waals surface area contributed by atoms with Crippen LogP contribution in [0.4, 0.5) is 13.2 Å². The van der Waals surface area contributed by atoms with Gasteiger partial charge in [-0.15, -0.1) is 0 Å². The molecule has 1 atom stereocenters. The van der Waals surface area contributed by atoms with E-state index in [1.54, 1.807) is 35.1 Å². The molecule has 8 heteroatoms. The molecule has 1 aliphatic heterocycles. The maximum absolute atomic E-state index is 12.7. The molecule has 1 unspecified atom stereocenters. The quantitative estimate of drug-likeness (QED) is 0.944. The highest BCUT2D eigenvalue weighted by atomic mass is 19.4. The molecule has 1 aromatic carbocycles. The van der Waals surface area contributed by atoms with Crippen molar-refractivity contribution in [2.45, 2.75) is 31.9 Å². The zero-order valence-electron chi connectivity index (χ0n) is 12.2. The number of hydrogen-bond acceptors (Lipinski definition) is 4. The molecule has 0 fully saturated rings. The maximum Gasteiger partial charge on any atom is 0.458 e. The lowest BCUT2D eigenvalue weighted by Gasteiger charge is -2.22. The smallest absolute Gasteiger partial charge is 0.350 e. The lowest BCUT2D eigenvalue weighted by Crippen LogP contribution is -2.45. The molecule has 0 aliphatic carbocycles. The molecule has 2 aromatic rings. The second-order valence-electron chi connectivity index (χ2n) is 5.50. The van der Waals surface area contributed by atoms with Gasteiger partial charge in [-0.25, -0.2) is 0 Å². The highest BCUT2D eigenvalue weighted by molar-refractivity contribution is 6.01. The van der Waals surface area contributed by atoms with Crippen molar-refractivity contribution in [3.63, 3.8) is 0 Å². The van der Waals surface area contributed by atoms with Crippen molar-refractivity contribution in [3.05, 3.63) is 53.3 Å². The van der Waals surface area contributed by atoms with Crippen LogP contribution in [0.2, 0.25) is 0 Å². The highest BCUT2D eigenvalue weighted by Gasteiger charge is 2.60. The van der Waals surface area contributed by atoms with Crippen molar-refractivity contribution >= 4 is 5.71 Å². The summed E-state index contributed by atoms with van der Waals surface area (Å²) in [5.41, 5.74) is 2.53. The minimum Gasteiger partial charge on any atom is -0.350 e. The van der Waals surface area contributed by atoms with Crippen molar-refractivity contribution in [1.82, 2.24) is 9.78 Å². The molecule has 122 valence electrons. The molecule has 3 rings (SSSR count). The van der Waals surface area contributed by atoms with Crippen LogP contribution in [0.15, 0.2) is 41.8 Å². The fourth-order valence-electron chi connectivity index (χ4n) is 2.27. The van der Waals surface area contributed by atoms with Gasteiger partial charge >= 0.3 is 12.0 Å². The number of alkyl halides is 3. The number of aryl methyl sites for hydroxylation is 1.